The van der Waals surface area contributed by atoms with Gasteiger partial charge in [-0.2, -0.15) is 0 Å². The number of morpholine rings is 1. The summed E-state index contributed by atoms with van der Waals surface area (Å²) < 4.78 is 16.0. The molecule has 27 heavy (non-hydrogen) atoms. The molecule has 0 bridgehead atoms. The molecule has 2 saturated heterocycles. The zero-order valence-electron chi connectivity index (χ0n) is 16.4. The first-order valence-corrected chi connectivity index (χ1v) is 9.28. The maximum Gasteiger partial charge on any atom is 0.410 e. The van der Waals surface area contributed by atoms with E-state index < -0.39 is 5.60 Å². The van der Waals surface area contributed by atoms with Gasteiger partial charge in [-0.25, -0.2) is 9.59 Å². The van der Waals surface area contributed by atoms with E-state index in [4.69, 9.17) is 14.2 Å². The number of benzene rings is 1. The van der Waals surface area contributed by atoms with Crippen LogP contribution < -0.4 is 0 Å². The Morgan fingerprint density at radius 3 is 2.48 bits per heavy atom. The van der Waals surface area contributed by atoms with Crippen molar-refractivity contribution < 1.29 is 23.8 Å². The van der Waals surface area contributed by atoms with E-state index >= 15 is 0 Å². The number of piperazine rings is 1. The van der Waals surface area contributed by atoms with Crippen molar-refractivity contribution in [1.82, 2.24) is 9.80 Å². The predicted octanol–water partition coefficient (Wildman–Crippen LogP) is 2.47. The number of methoxy groups -OCH3 is 1. The van der Waals surface area contributed by atoms with Gasteiger partial charge in [-0.15, -0.1) is 0 Å². The third-order valence-corrected chi connectivity index (χ3v) is 4.89. The Hall–Kier alpha value is -2.12. The van der Waals surface area contributed by atoms with Gasteiger partial charge in [-0.05, 0) is 38.5 Å². The van der Waals surface area contributed by atoms with Crippen molar-refractivity contribution in [3.8, 4) is 0 Å². The summed E-state index contributed by atoms with van der Waals surface area (Å²) >= 11 is 0. The van der Waals surface area contributed by atoms with E-state index in [2.05, 4.69) is 4.90 Å². The van der Waals surface area contributed by atoms with E-state index in [1.165, 1.54) is 7.11 Å². The van der Waals surface area contributed by atoms with Crippen LogP contribution in [0.15, 0.2) is 24.3 Å². The molecule has 0 aromatic heterocycles. The fourth-order valence-corrected chi connectivity index (χ4v) is 3.54. The molecule has 2 aliphatic rings. The topological polar surface area (TPSA) is 68.3 Å². The molecule has 0 N–H and O–H groups in total. The number of carbonyl (C=O) groups is 2. The highest BCUT2D eigenvalue weighted by molar-refractivity contribution is 5.89. The van der Waals surface area contributed by atoms with Crippen molar-refractivity contribution in [3.05, 3.63) is 35.4 Å². The number of esters is 1. The van der Waals surface area contributed by atoms with E-state index in [1.54, 1.807) is 17.0 Å². The smallest absolute Gasteiger partial charge is 0.410 e. The highest BCUT2D eigenvalue weighted by Crippen LogP contribution is 2.31. The van der Waals surface area contributed by atoms with E-state index in [9.17, 15) is 9.59 Å². The molecule has 2 unspecified atom stereocenters. The second-order valence-electron chi connectivity index (χ2n) is 7.99. The van der Waals surface area contributed by atoms with Crippen molar-refractivity contribution in [2.24, 2.45) is 0 Å². The maximum absolute atomic E-state index is 12.9. The molecule has 0 spiro atoms. The molecule has 2 heterocycles. The van der Waals surface area contributed by atoms with E-state index in [-0.39, 0.29) is 24.1 Å². The molecule has 7 heteroatoms. The van der Waals surface area contributed by atoms with Gasteiger partial charge in [-0.3, -0.25) is 9.80 Å². The van der Waals surface area contributed by atoms with Crippen LogP contribution in [0.3, 0.4) is 0 Å². The molecule has 1 amide bonds. The van der Waals surface area contributed by atoms with E-state index in [0.29, 0.717) is 31.9 Å². The lowest BCUT2D eigenvalue weighted by Crippen LogP contribution is -2.60. The summed E-state index contributed by atoms with van der Waals surface area (Å²) in [6.45, 7) is 9.04. The van der Waals surface area contributed by atoms with Gasteiger partial charge in [0.2, 0.25) is 0 Å². The number of rotatable bonds is 2. The Morgan fingerprint density at radius 2 is 1.85 bits per heavy atom. The van der Waals surface area contributed by atoms with Crippen LogP contribution in [-0.2, 0) is 14.2 Å². The van der Waals surface area contributed by atoms with Crippen LogP contribution in [0.2, 0.25) is 0 Å². The van der Waals surface area contributed by atoms with Crippen LogP contribution >= 0.6 is 0 Å². The number of ether oxygens (including phenoxy) is 3. The summed E-state index contributed by atoms with van der Waals surface area (Å²) in [6.07, 6.45) is -0.324. The quantitative estimate of drug-likeness (QED) is 0.739. The van der Waals surface area contributed by atoms with E-state index in [1.807, 2.05) is 32.9 Å². The first kappa shape index (κ1) is 19.6. The fourth-order valence-electron chi connectivity index (χ4n) is 3.54. The Morgan fingerprint density at radius 1 is 1.15 bits per heavy atom. The monoisotopic (exact) mass is 376 g/mol. The second-order valence-corrected chi connectivity index (χ2v) is 7.99. The lowest BCUT2D eigenvalue weighted by molar-refractivity contribution is -0.0686. The summed E-state index contributed by atoms with van der Waals surface area (Å²) in [5, 5.41) is 0. The van der Waals surface area contributed by atoms with Gasteiger partial charge in [-0.1, -0.05) is 12.1 Å². The average Bonchev–Trinajstić information content (AvgIpc) is 2.65. The molecule has 2 fully saturated rings. The van der Waals surface area contributed by atoms with Gasteiger partial charge in [0.05, 0.1) is 38.0 Å². The van der Waals surface area contributed by atoms with Crippen LogP contribution in [0.5, 0.6) is 0 Å². The van der Waals surface area contributed by atoms with Gasteiger partial charge in [0.1, 0.15) is 5.60 Å². The third kappa shape index (κ3) is 4.59. The van der Waals surface area contributed by atoms with Gasteiger partial charge >= 0.3 is 12.1 Å². The largest absolute Gasteiger partial charge is 0.465 e. The third-order valence-electron chi connectivity index (χ3n) is 4.89. The number of amides is 1. The van der Waals surface area contributed by atoms with Crippen molar-refractivity contribution in [3.63, 3.8) is 0 Å². The first-order chi connectivity index (χ1) is 12.8. The number of hydrogen-bond donors (Lipinski definition) is 0. The molecule has 1 aromatic carbocycles. The molecular weight excluding hydrogens is 348 g/mol. The van der Waals surface area contributed by atoms with Crippen molar-refractivity contribution in [2.45, 2.75) is 38.5 Å². The summed E-state index contributed by atoms with van der Waals surface area (Å²) in [5.74, 6) is -0.373. The molecule has 1 aromatic rings. The minimum Gasteiger partial charge on any atom is -0.465 e. The van der Waals surface area contributed by atoms with Gasteiger partial charge in [0.15, 0.2) is 0 Å². The van der Waals surface area contributed by atoms with Crippen LogP contribution in [0, 0.1) is 0 Å². The zero-order chi connectivity index (χ0) is 19.6. The molecule has 3 rings (SSSR count). The van der Waals surface area contributed by atoms with Crippen molar-refractivity contribution in [1.29, 1.82) is 0 Å². The molecule has 0 saturated carbocycles. The highest BCUT2D eigenvalue weighted by Gasteiger charge is 2.40. The summed E-state index contributed by atoms with van der Waals surface area (Å²) in [7, 11) is 1.36. The number of fused-ring (bicyclic) bond motifs is 1. The SMILES string of the molecule is COC(=O)c1ccc(C2CN3CCOCC3CN2C(=O)OC(C)(C)C)cc1. The average molecular weight is 376 g/mol. The van der Waals surface area contributed by atoms with Gasteiger partial charge in [0.25, 0.3) is 0 Å². The molecule has 148 valence electrons. The summed E-state index contributed by atoms with van der Waals surface area (Å²) in [6, 6.07) is 7.28. The molecule has 0 radical (unpaired) electrons. The Labute approximate surface area is 160 Å². The van der Waals surface area contributed by atoms with Crippen LogP contribution in [0.1, 0.15) is 42.7 Å². The molecule has 7 nitrogen and oxygen atoms in total. The van der Waals surface area contributed by atoms with Crippen molar-refractivity contribution >= 4 is 12.1 Å². The molecule has 2 atom stereocenters. The number of nitrogens with zero attached hydrogens (tertiary/aromatic N) is 2. The molecular formula is C20H28N2O5. The normalized spacial score (nSPS) is 23.5. The van der Waals surface area contributed by atoms with Crippen LogP contribution in [0.4, 0.5) is 4.79 Å². The van der Waals surface area contributed by atoms with E-state index in [0.717, 1.165) is 12.1 Å². The van der Waals surface area contributed by atoms with Crippen LogP contribution in [-0.4, -0.2) is 73.5 Å². The zero-order valence-corrected chi connectivity index (χ0v) is 16.4. The lowest BCUT2D eigenvalue weighted by atomic mass is 9.98. The lowest BCUT2D eigenvalue weighted by Gasteiger charge is -2.48. The molecule has 2 aliphatic heterocycles. The minimum atomic E-state index is -0.559. The highest BCUT2D eigenvalue weighted by atomic mass is 16.6. The Bertz CT molecular complexity index is 683. The number of hydrogen-bond acceptors (Lipinski definition) is 6. The second kappa shape index (κ2) is 7.86. The Kier molecular flexibility index (Phi) is 5.72. The summed E-state index contributed by atoms with van der Waals surface area (Å²) in [5.41, 5.74) is 0.903. The molecule has 0 aliphatic carbocycles. The van der Waals surface area contributed by atoms with Crippen molar-refractivity contribution in [2.75, 3.05) is 40.0 Å². The van der Waals surface area contributed by atoms with Crippen LogP contribution in [0.25, 0.3) is 0 Å². The fraction of sp³-hybridized carbons (Fsp3) is 0.600. The first-order valence-electron chi connectivity index (χ1n) is 9.28. The minimum absolute atomic E-state index is 0.138. The standard InChI is InChI=1S/C20H28N2O5/c1-20(2,3)27-19(24)22-11-16-13-26-10-9-21(16)12-17(22)14-5-7-15(8-6-14)18(23)25-4/h5-8,16-17H,9-13H2,1-4H3. The summed E-state index contributed by atoms with van der Waals surface area (Å²) in [4.78, 5) is 28.7. The van der Waals surface area contributed by atoms with Gasteiger partial charge in [0, 0.05) is 19.6 Å². The maximum atomic E-state index is 12.9. The number of carbonyl (C=O) groups excluding carboxylic acids is 2. The van der Waals surface area contributed by atoms with Gasteiger partial charge < -0.3 is 14.2 Å². The Balaban J connectivity index is 1.85. The predicted molar refractivity (Wildman–Crippen MR) is 99.6 cm³/mol.